The van der Waals surface area contributed by atoms with E-state index >= 15 is 0 Å². The summed E-state index contributed by atoms with van der Waals surface area (Å²) < 4.78 is 0. The Morgan fingerprint density at radius 2 is 1.46 bits per heavy atom. The van der Waals surface area contributed by atoms with Gasteiger partial charge in [0.2, 0.25) is 0 Å². The summed E-state index contributed by atoms with van der Waals surface area (Å²) >= 11 is 0. The van der Waals surface area contributed by atoms with E-state index in [0.29, 0.717) is 6.17 Å². The zero-order chi connectivity index (χ0) is 18.7. The molecule has 1 rings (SSSR count). The molecule has 0 bridgehead atoms. The highest BCUT2D eigenvalue weighted by Gasteiger charge is 2.19. The molecule has 1 unspecified atom stereocenters. The van der Waals surface area contributed by atoms with Crippen LogP contribution in [0.4, 0.5) is 0 Å². The molecule has 3 nitrogen and oxygen atoms in total. The number of nitrogens with two attached hydrogens (primary N) is 1. The average Bonchev–Trinajstić information content (AvgIpc) is 3.09. The van der Waals surface area contributed by atoms with Gasteiger partial charge in [0.15, 0.2) is 0 Å². The second kappa shape index (κ2) is 17.7. The van der Waals surface area contributed by atoms with Gasteiger partial charge < -0.3 is 5.73 Å². The van der Waals surface area contributed by atoms with Crippen molar-refractivity contribution >= 4 is 6.21 Å². The molecule has 0 aliphatic carbocycles. The molecule has 26 heavy (non-hydrogen) atoms. The second-order valence-corrected chi connectivity index (χ2v) is 7.82. The Balaban J connectivity index is 1.78. The van der Waals surface area contributed by atoms with Crippen molar-refractivity contribution in [1.29, 1.82) is 0 Å². The van der Waals surface area contributed by atoms with Crippen LogP contribution in [0, 0.1) is 0 Å². The topological polar surface area (TPSA) is 41.6 Å². The number of aliphatic imine (C=N–C) groups is 1. The molecular formula is C23H45N3. The van der Waals surface area contributed by atoms with Gasteiger partial charge in [-0.15, -0.1) is 0 Å². The number of rotatable bonds is 18. The Morgan fingerprint density at radius 1 is 0.885 bits per heavy atom. The van der Waals surface area contributed by atoms with Gasteiger partial charge >= 0.3 is 0 Å². The van der Waals surface area contributed by atoms with Gasteiger partial charge in [0.1, 0.15) is 6.17 Å². The molecule has 0 saturated carbocycles. The highest BCUT2D eigenvalue weighted by atomic mass is 15.3. The molecule has 0 fully saturated rings. The molecule has 0 aromatic heterocycles. The van der Waals surface area contributed by atoms with Gasteiger partial charge in [-0.2, -0.15) is 0 Å². The van der Waals surface area contributed by atoms with Crippen molar-refractivity contribution in [2.24, 2.45) is 10.7 Å². The van der Waals surface area contributed by atoms with Crippen LogP contribution in [0.3, 0.4) is 0 Å². The summed E-state index contributed by atoms with van der Waals surface area (Å²) in [6.07, 6.45) is 27.7. The minimum absolute atomic E-state index is 0.416. The van der Waals surface area contributed by atoms with Crippen LogP contribution in [0.25, 0.3) is 0 Å². The zero-order valence-corrected chi connectivity index (χ0v) is 17.5. The normalized spacial score (nSPS) is 17.7. The third-order valence-corrected chi connectivity index (χ3v) is 5.41. The van der Waals surface area contributed by atoms with E-state index in [0.717, 1.165) is 19.6 Å². The predicted octanol–water partition coefficient (Wildman–Crippen LogP) is 6.09. The fourth-order valence-electron chi connectivity index (χ4n) is 3.73. The Kier molecular flexibility index (Phi) is 15.9. The maximum atomic E-state index is 5.66. The van der Waals surface area contributed by atoms with Crippen LogP contribution in [0.1, 0.15) is 103 Å². The number of hydrogen-bond acceptors (Lipinski definition) is 3. The summed E-state index contributed by atoms with van der Waals surface area (Å²) in [5.74, 6) is 0. The molecule has 3 heteroatoms. The van der Waals surface area contributed by atoms with Crippen molar-refractivity contribution in [3.8, 4) is 0 Å². The minimum atomic E-state index is 0.416. The Labute approximate surface area is 163 Å². The molecule has 1 atom stereocenters. The van der Waals surface area contributed by atoms with Crippen molar-refractivity contribution < 1.29 is 0 Å². The largest absolute Gasteiger partial charge is 0.329 e. The fraction of sp³-hybridized carbons (Fsp3) is 0.870. The van der Waals surface area contributed by atoms with Gasteiger partial charge in [-0.1, -0.05) is 76.9 Å². The van der Waals surface area contributed by atoms with E-state index in [-0.39, 0.29) is 0 Å². The van der Waals surface area contributed by atoms with Crippen LogP contribution >= 0.6 is 0 Å². The van der Waals surface area contributed by atoms with Crippen molar-refractivity contribution in [3.05, 3.63) is 12.2 Å². The summed E-state index contributed by atoms with van der Waals surface area (Å²) in [6, 6.07) is 0. The molecule has 2 N–H and O–H groups in total. The van der Waals surface area contributed by atoms with E-state index in [1.807, 2.05) is 0 Å². The number of hydrogen-bond donors (Lipinski definition) is 1. The second-order valence-electron chi connectivity index (χ2n) is 7.82. The van der Waals surface area contributed by atoms with Crippen LogP contribution in [-0.2, 0) is 0 Å². The Hall–Kier alpha value is -0.670. The molecule has 0 saturated heterocycles. The molecular weight excluding hydrogens is 318 g/mol. The molecule has 0 amide bonds. The van der Waals surface area contributed by atoms with Crippen molar-refractivity contribution in [3.63, 3.8) is 0 Å². The van der Waals surface area contributed by atoms with Crippen LogP contribution in [-0.4, -0.2) is 36.9 Å². The Morgan fingerprint density at radius 3 is 2.08 bits per heavy atom. The van der Waals surface area contributed by atoms with Gasteiger partial charge in [-0.3, -0.25) is 9.89 Å². The van der Waals surface area contributed by atoms with Gasteiger partial charge in [0, 0.05) is 25.8 Å². The highest BCUT2D eigenvalue weighted by molar-refractivity contribution is 5.62. The molecule has 1 aliphatic rings. The third-order valence-electron chi connectivity index (χ3n) is 5.41. The van der Waals surface area contributed by atoms with E-state index in [2.05, 4.69) is 35.2 Å². The van der Waals surface area contributed by atoms with E-state index in [4.69, 9.17) is 5.73 Å². The van der Waals surface area contributed by atoms with E-state index in [9.17, 15) is 0 Å². The lowest BCUT2D eigenvalue weighted by atomic mass is 10.0. The smallest absolute Gasteiger partial charge is 0.102 e. The Bertz CT molecular complexity index is 351. The van der Waals surface area contributed by atoms with E-state index in [1.54, 1.807) is 0 Å². The van der Waals surface area contributed by atoms with Gasteiger partial charge in [0.25, 0.3) is 0 Å². The highest BCUT2D eigenvalue weighted by Crippen LogP contribution is 2.16. The molecule has 1 heterocycles. The standard InChI is InChI=1S/C23H45N3/c1-2-3-4-5-6-7-8-9-10-11-12-13-14-15-16-17-18-23-25-20-22-26(23)21-19-24/h6-7,20,23H,2-5,8-19,21-22,24H2,1H3/b7-6+. The van der Waals surface area contributed by atoms with Crippen LogP contribution < -0.4 is 5.73 Å². The van der Waals surface area contributed by atoms with E-state index < -0.39 is 0 Å². The average molecular weight is 364 g/mol. The summed E-state index contributed by atoms with van der Waals surface area (Å²) in [5, 5.41) is 0. The maximum Gasteiger partial charge on any atom is 0.102 e. The van der Waals surface area contributed by atoms with Crippen LogP contribution in [0.15, 0.2) is 17.1 Å². The quantitative estimate of drug-likeness (QED) is 0.237. The number of unbranched alkanes of at least 4 members (excludes halogenated alkanes) is 12. The lowest BCUT2D eigenvalue weighted by molar-refractivity contribution is 0.241. The summed E-state index contributed by atoms with van der Waals surface area (Å²) in [4.78, 5) is 6.99. The SMILES string of the molecule is CCCCC/C=C/CCCCCCCCCCCC1N=CCN1CCN. The molecule has 152 valence electrons. The molecule has 0 aromatic carbocycles. The first-order chi connectivity index (χ1) is 12.9. The lowest BCUT2D eigenvalue weighted by Gasteiger charge is -2.21. The molecule has 0 spiro atoms. The summed E-state index contributed by atoms with van der Waals surface area (Å²) in [5.41, 5.74) is 5.66. The van der Waals surface area contributed by atoms with Crippen molar-refractivity contribution in [2.45, 2.75) is 109 Å². The van der Waals surface area contributed by atoms with Gasteiger partial charge in [-0.25, -0.2) is 0 Å². The molecule has 1 aliphatic heterocycles. The monoisotopic (exact) mass is 363 g/mol. The van der Waals surface area contributed by atoms with Gasteiger partial charge in [0.05, 0.1) is 0 Å². The summed E-state index contributed by atoms with van der Waals surface area (Å²) in [7, 11) is 0. The van der Waals surface area contributed by atoms with Gasteiger partial charge in [-0.05, 0) is 38.5 Å². The maximum absolute atomic E-state index is 5.66. The number of allylic oxidation sites excluding steroid dienone is 2. The minimum Gasteiger partial charge on any atom is -0.329 e. The lowest BCUT2D eigenvalue weighted by Crippen LogP contribution is -2.34. The third kappa shape index (κ3) is 12.6. The first kappa shape index (κ1) is 23.4. The van der Waals surface area contributed by atoms with Crippen molar-refractivity contribution in [2.75, 3.05) is 19.6 Å². The predicted molar refractivity (Wildman–Crippen MR) is 117 cm³/mol. The van der Waals surface area contributed by atoms with Crippen LogP contribution in [0.5, 0.6) is 0 Å². The van der Waals surface area contributed by atoms with E-state index in [1.165, 1.54) is 96.3 Å². The molecule has 0 radical (unpaired) electrons. The zero-order valence-electron chi connectivity index (χ0n) is 17.5. The summed E-state index contributed by atoms with van der Waals surface area (Å²) in [6.45, 7) is 5.00. The molecule has 0 aromatic rings. The fourth-order valence-corrected chi connectivity index (χ4v) is 3.73. The van der Waals surface area contributed by atoms with Crippen LogP contribution in [0.2, 0.25) is 0 Å². The van der Waals surface area contributed by atoms with Crippen molar-refractivity contribution in [1.82, 2.24) is 4.90 Å². The first-order valence-electron chi connectivity index (χ1n) is 11.5. The number of nitrogens with zero attached hydrogens (tertiary/aromatic N) is 2. The first-order valence-corrected chi connectivity index (χ1v) is 11.5.